The van der Waals surface area contributed by atoms with Crippen LogP contribution in [-0.4, -0.2) is 39.3 Å². The first-order valence-electron chi connectivity index (χ1n) is 14.2. The summed E-state index contributed by atoms with van der Waals surface area (Å²) in [5.41, 5.74) is 2.31. The number of fused-ring (bicyclic) bond motifs is 5. The van der Waals surface area contributed by atoms with E-state index in [1.807, 2.05) is 0 Å². The minimum Gasteiger partial charge on any atom is -0.467 e. The molecular weight excluding hydrogens is 438 g/mol. The fraction of sp³-hybridized carbons (Fsp3) is 0.931. The van der Waals surface area contributed by atoms with E-state index < -0.39 is 13.9 Å². The molecule has 4 rings (SSSR count). The fourth-order valence-electron chi connectivity index (χ4n) is 9.53. The monoisotopic (exact) mass is 489 g/mol. The van der Waals surface area contributed by atoms with Gasteiger partial charge in [0.25, 0.3) is 0 Å². The molecule has 0 bridgehead atoms. The third kappa shape index (κ3) is 3.78. The third-order valence-electron chi connectivity index (χ3n) is 11.3. The van der Waals surface area contributed by atoms with Crippen molar-refractivity contribution in [2.75, 3.05) is 13.7 Å². The fourth-order valence-corrected chi connectivity index (χ4v) is 15.2. The average Bonchev–Trinajstić information content (AvgIpc) is 3.18. The van der Waals surface area contributed by atoms with E-state index in [4.69, 9.17) is 14.2 Å². The standard InChI is InChI=1S/C29H51NO3Si/c1-19(2)34(20(3)4,21(5)6)33-29(26(31)32-9)16-15-28(8)24-12-14-27(7)13-10-11-23(27)22(24)18-30-25(28)17-29/h19-24H,10-18H2,1-9H3/t22-,23-,24-,27-,28+,29-/m0/s1. The van der Waals surface area contributed by atoms with Crippen molar-refractivity contribution in [2.45, 2.75) is 129 Å². The molecular formula is C29H51NO3Si. The zero-order valence-corrected chi connectivity index (χ0v) is 24.5. The highest BCUT2D eigenvalue weighted by molar-refractivity contribution is 6.77. The van der Waals surface area contributed by atoms with Crippen LogP contribution in [-0.2, 0) is 14.0 Å². The van der Waals surface area contributed by atoms with E-state index in [9.17, 15) is 4.79 Å². The quantitative estimate of drug-likeness (QED) is 0.285. The highest BCUT2D eigenvalue weighted by Crippen LogP contribution is 2.63. The number of methoxy groups -OCH3 is 1. The van der Waals surface area contributed by atoms with Crippen molar-refractivity contribution in [1.29, 1.82) is 0 Å². The lowest BCUT2D eigenvalue weighted by atomic mass is 9.49. The molecule has 0 N–H and O–H groups in total. The molecule has 34 heavy (non-hydrogen) atoms. The van der Waals surface area contributed by atoms with Gasteiger partial charge in [0.05, 0.1) is 7.11 Å². The highest BCUT2D eigenvalue weighted by Gasteiger charge is 2.62. The molecule has 0 aromatic rings. The summed E-state index contributed by atoms with van der Waals surface area (Å²) in [5, 5.41) is 0. The molecule has 0 aromatic heterocycles. The minimum atomic E-state index is -2.27. The van der Waals surface area contributed by atoms with Crippen LogP contribution in [0.2, 0.25) is 16.6 Å². The molecule has 3 aliphatic carbocycles. The van der Waals surface area contributed by atoms with Gasteiger partial charge in [0.2, 0.25) is 8.32 Å². The van der Waals surface area contributed by atoms with Crippen LogP contribution in [0.3, 0.4) is 0 Å². The van der Waals surface area contributed by atoms with Crippen LogP contribution in [0.15, 0.2) is 4.99 Å². The van der Waals surface area contributed by atoms with E-state index in [0.717, 1.165) is 31.2 Å². The van der Waals surface area contributed by atoms with Crippen LogP contribution in [0.1, 0.15) is 107 Å². The maximum absolute atomic E-state index is 13.5. The van der Waals surface area contributed by atoms with Crippen LogP contribution < -0.4 is 0 Å². The Morgan fingerprint density at radius 1 is 0.941 bits per heavy atom. The third-order valence-corrected chi connectivity index (χ3v) is 17.5. The number of hydrogen-bond acceptors (Lipinski definition) is 4. The molecule has 1 heterocycles. The van der Waals surface area contributed by atoms with Gasteiger partial charge < -0.3 is 9.16 Å². The Kier molecular flexibility index (Phi) is 6.99. The van der Waals surface area contributed by atoms with Crippen LogP contribution in [0.25, 0.3) is 0 Å². The Balaban J connectivity index is 1.69. The number of carbonyl (C=O) groups excluding carboxylic acids is 1. The summed E-state index contributed by atoms with van der Waals surface area (Å²) >= 11 is 0. The van der Waals surface area contributed by atoms with E-state index in [2.05, 4.69) is 55.4 Å². The first-order chi connectivity index (χ1) is 15.9. The molecule has 3 fully saturated rings. The number of carbonyl (C=O) groups is 1. The van der Waals surface area contributed by atoms with Crippen LogP contribution in [0, 0.1) is 28.6 Å². The maximum atomic E-state index is 13.5. The van der Waals surface area contributed by atoms with E-state index in [1.54, 1.807) is 0 Å². The summed E-state index contributed by atoms with van der Waals surface area (Å²) in [6.07, 6.45) is 9.25. The molecule has 6 atom stereocenters. The molecule has 4 nitrogen and oxygen atoms in total. The average molecular weight is 490 g/mol. The second-order valence-corrected chi connectivity index (χ2v) is 19.1. The molecule has 0 saturated heterocycles. The van der Waals surface area contributed by atoms with Crippen LogP contribution >= 0.6 is 0 Å². The second kappa shape index (κ2) is 9.01. The van der Waals surface area contributed by atoms with E-state index in [-0.39, 0.29) is 11.4 Å². The molecule has 0 radical (unpaired) electrons. The summed E-state index contributed by atoms with van der Waals surface area (Å²) in [6.45, 7) is 19.8. The van der Waals surface area contributed by atoms with Crippen molar-refractivity contribution in [2.24, 2.45) is 33.6 Å². The van der Waals surface area contributed by atoms with Gasteiger partial charge in [0.1, 0.15) is 0 Å². The highest BCUT2D eigenvalue weighted by atomic mass is 28.4. The number of nitrogens with zero attached hydrogens (tertiary/aromatic N) is 1. The summed E-state index contributed by atoms with van der Waals surface area (Å²) in [7, 11) is -0.732. The molecule has 194 valence electrons. The normalized spacial score (nSPS) is 40.1. The maximum Gasteiger partial charge on any atom is 0.337 e. The number of aliphatic imine (C=N–C) groups is 1. The number of hydrogen-bond donors (Lipinski definition) is 0. The lowest BCUT2D eigenvalue weighted by Gasteiger charge is -2.58. The summed E-state index contributed by atoms with van der Waals surface area (Å²) in [4.78, 5) is 18.8. The largest absolute Gasteiger partial charge is 0.467 e. The molecule has 3 saturated carbocycles. The van der Waals surface area contributed by atoms with Crippen LogP contribution in [0.5, 0.6) is 0 Å². The number of ether oxygens (including phenoxy) is 1. The van der Waals surface area contributed by atoms with Crippen molar-refractivity contribution >= 4 is 20.0 Å². The predicted molar refractivity (Wildman–Crippen MR) is 143 cm³/mol. The van der Waals surface area contributed by atoms with Gasteiger partial charge in [-0.25, -0.2) is 4.79 Å². The summed E-state index contributed by atoms with van der Waals surface area (Å²) < 4.78 is 12.8. The molecule has 0 spiro atoms. The first-order valence-corrected chi connectivity index (χ1v) is 16.3. The minimum absolute atomic E-state index is 0.103. The molecule has 1 aliphatic heterocycles. The molecule has 0 amide bonds. The van der Waals surface area contributed by atoms with Gasteiger partial charge in [-0.2, -0.15) is 0 Å². The number of esters is 1. The predicted octanol–water partition coefficient (Wildman–Crippen LogP) is 7.57. The Morgan fingerprint density at radius 2 is 1.59 bits per heavy atom. The van der Waals surface area contributed by atoms with Gasteiger partial charge in [-0.15, -0.1) is 0 Å². The Bertz CT molecular complexity index is 800. The lowest BCUT2D eigenvalue weighted by molar-refractivity contribution is -0.163. The lowest BCUT2D eigenvalue weighted by Crippen LogP contribution is -2.63. The van der Waals surface area contributed by atoms with Gasteiger partial charge in [-0.1, -0.05) is 61.8 Å². The van der Waals surface area contributed by atoms with Gasteiger partial charge in [-0.3, -0.25) is 4.99 Å². The van der Waals surface area contributed by atoms with E-state index in [0.29, 0.717) is 34.4 Å². The first kappa shape index (κ1) is 26.4. The van der Waals surface area contributed by atoms with Gasteiger partial charge in [0.15, 0.2) is 5.60 Å². The Labute approximate surface area is 210 Å². The molecule has 5 heteroatoms. The summed E-state index contributed by atoms with van der Waals surface area (Å²) in [6, 6.07) is 0. The molecule has 0 aromatic carbocycles. The van der Waals surface area contributed by atoms with E-state index >= 15 is 0 Å². The van der Waals surface area contributed by atoms with Gasteiger partial charge in [-0.05, 0) is 78.3 Å². The van der Waals surface area contributed by atoms with Crippen molar-refractivity contribution in [1.82, 2.24) is 0 Å². The smallest absolute Gasteiger partial charge is 0.337 e. The number of rotatable bonds is 6. The van der Waals surface area contributed by atoms with E-state index in [1.165, 1.54) is 44.9 Å². The van der Waals surface area contributed by atoms with Crippen molar-refractivity contribution in [3.8, 4) is 0 Å². The summed E-state index contributed by atoms with van der Waals surface area (Å²) in [5.74, 6) is 2.08. The van der Waals surface area contributed by atoms with Crippen LogP contribution in [0.4, 0.5) is 0 Å². The van der Waals surface area contributed by atoms with Gasteiger partial charge >= 0.3 is 5.97 Å². The Morgan fingerprint density at radius 3 is 2.18 bits per heavy atom. The second-order valence-electron chi connectivity index (χ2n) is 13.7. The van der Waals surface area contributed by atoms with Crippen molar-refractivity contribution in [3.63, 3.8) is 0 Å². The SMILES string of the molecule is COC(=O)[C@]1(O[Si](C(C)C)(C(C)C)C(C)C)CC[C@@]2(C)C(=NC[C@H]3[C@@H]4CCC[C@@]4(C)CC[C@@H]32)C1. The van der Waals surface area contributed by atoms with Gasteiger partial charge in [0, 0.05) is 24.1 Å². The van der Waals surface area contributed by atoms with Crippen molar-refractivity contribution in [3.05, 3.63) is 0 Å². The molecule has 4 aliphatic rings. The topological polar surface area (TPSA) is 47.9 Å². The van der Waals surface area contributed by atoms with Crippen molar-refractivity contribution < 1.29 is 14.0 Å². The zero-order chi connectivity index (χ0) is 25.1. The zero-order valence-electron chi connectivity index (χ0n) is 23.5. The molecule has 0 unspecified atom stereocenters. The Hall–Kier alpha value is -0.683.